The number of aliphatic hydroxyl groups is 1. The Kier molecular flexibility index (Phi) is 10.5. The first-order valence-corrected chi connectivity index (χ1v) is 16.7. The lowest BCUT2D eigenvalue weighted by molar-refractivity contribution is -0.143. The molecule has 3 aromatic rings. The molecule has 0 bridgehead atoms. The summed E-state index contributed by atoms with van der Waals surface area (Å²) in [6.07, 6.45) is 1.81. The molecule has 1 saturated carbocycles. The number of hydrogen-bond donors (Lipinski definition) is 4. The molecule has 1 aliphatic rings. The molecule has 0 saturated heterocycles. The van der Waals surface area contributed by atoms with Crippen LogP contribution in [0.15, 0.2) is 77.7 Å². The Balaban J connectivity index is 1.51. The van der Waals surface area contributed by atoms with E-state index in [1.807, 2.05) is 79.7 Å². The fraction of sp³-hybridized carbons (Fsp3) is 0.419. The number of fused-ring (bicyclic) bond motifs is 1. The van der Waals surface area contributed by atoms with Gasteiger partial charge in [0.05, 0.1) is 24.3 Å². The Bertz CT molecular complexity index is 1450. The number of hydrogen-bond acceptors (Lipinski definition) is 6. The molecule has 8 nitrogen and oxygen atoms in total. The fourth-order valence-electron chi connectivity index (χ4n) is 5.73. The van der Waals surface area contributed by atoms with Crippen LogP contribution in [0.3, 0.4) is 0 Å². The summed E-state index contributed by atoms with van der Waals surface area (Å²) in [6.45, 7) is 2.01. The van der Waals surface area contributed by atoms with Crippen molar-refractivity contribution >= 4 is 44.4 Å². The van der Waals surface area contributed by atoms with E-state index in [1.165, 1.54) is 11.8 Å². The molecule has 4 rings (SSSR count). The van der Waals surface area contributed by atoms with Gasteiger partial charge in [0.2, 0.25) is 15.9 Å². The van der Waals surface area contributed by atoms with Gasteiger partial charge in [-0.05, 0) is 66.0 Å². The average Bonchev–Trinajstić information content (AvgIpc) is 3.30. The second kappa shape index (κ2) is 13.8. The molecule has 1 amide bonds. The summed E-state index contributed by atoms with van der Waals surface area (Å²) in [7, 11) is -3.72. The second-order valence-electron chi connectivity index (χ2n) is 11.2. The van der Waals surface area contributed by atoms with Gasteiger partial charge in [-0.25, -0.2) is 13.1 Å². The van der Waals surface area contributed by atoms with E-state index >= 15 is 0 Å². The Morgan fingerprint density at radius 3 is 2.37 bits per heavy atom. The molecule has 0 heterocycles. The van der Waals surface area contributed by atoms with Crippen LogP contribution >= 0.6 is 11.8 Å². The zero-order valence-corrected chi connectivity index (χ0v) is 24.9. The van der Waals surface area contributed by atoms with Gasteiger partial charge in [-0.3, -0.25) is 9.59 Å². The zero-order chi connectivity index (χ0) is 29.6. The molecule has 6 atom stereocenters. The van der Waals surface area contributed by atoms with Crippen LogP contribution in [0.4, 0.5) is 0 Å². The molecule has 41 heavy (non-hydrogen) atoms. The molecule has 1 fully saturated rings. The summed E-state index contributed by atoms with van der Waals surface area (Å²) in [6, 6.07) is 21.4. The lowest BCUT2D eigenvalue weighted by Crippen LogP contribution is -2.54. The number of carbonyl (C=O) groups excluding carboxylic acids is 1. The van der Waals surface area contributed by atoms with Crippen molar-refractivity contribution in [2.75, 3.05) is 12.0 Å². The van der Waals surface area contributed by atoms with E-state index < -0.39 is 46.0 Å². The first-order valence-electron chi connectivity index (χ1n) is 13.8. The number of aliphatic carboxylic acids is 1. The van der Waals surface area contributed by atoms with E-state index in [1.54, 1.807) is 0 Å². The van der Waals surface area contributed by atoms with Gasteiger partial charge in [-0.15, -0.1) is 11.8 Å². The van der Waals surface area contributed by atoms with Crippen molar-refractivity contribution in [3.05, 3.63) is 78.4 Å². The molecule has 10 heteroatoms. The molecule has 3 aromatic carbocycles. The van der Waals surface area contributed by atoms with Crippen molar-refractivity contribution in [1.82, 2.24) is 10.0 Å². The van der Waals surface area contributed by atoms with E-state index in [0.717, 1.165) is 27.5 Å². The van der Waals surface area contributed by atoms with Crippen LogP contribution < -0.4 is 10.0 Å². The maximum Gasteiger partial charge on any atom is 0.306 e. The number of rotatable bonds is 13. The van der Waals surface area contributed by atoms with Crippen LogP contribution in [0.2, 0.25) is 0 Å². The highest BCUT2D eigenvalue weighted by molar-refractivity contribution is 7.99. The third kappa shape index (κ3) is 9.03. The predicted octanol–water partition coefficient (Wildman–Crippen LogP) is 4.08. The smallest absolute Gasteiger partial charge is 0.306 e. The van der Waals surface area contributed by atoms with Gasteiger partial charge in [0.15, 0.2) is 0 Å². The number of benzene rings is 3. The van der Waals surface area contributed by atoms with E-state index in [-0.39, 0.29) is 24.0 Å². The lowest BCUT2D eigenvalue weighted by Gasteiger charge is -2.29. The summed E-state index contributed by atoms with van der Waals surface area (Å²) in [5, 5.41) is 26.1. The summed E-state index contributed by atoms with van der Waals surface area (Å²) < 4.78 is 26.8. The van der Waals surface area contributed by atoms with Crippen LogP contribution in [-0.2, 0) is 26.0 Å². The predicted molar refractivity (Wildman–Crippen MR) is 162 cm³/mol. The number of carboxylic acid groups (broad SMARTS) is 1. The minimum Gasteiger partial charge on any atom is -0.481 e. The Morgan fingerprint density at radius 1 is 1.00 bits per heavy atom. The first kappa shape index (κ1) is 31.0. The fourth-order valence-corrected chi connectivity index (χ4v) is 7.51. The van der Waals surface area contributed by atoms with E-state index in [9.17, 15) is 28.2 Å². The van der Waals surface area contributed by atoms with Crippen LogP contribution in [0, 0.1) is 17.8 Å². The lowest BCUT2D eigenvalue weighted by atomic mass is 9.87. The summed E-state index contributed by atoms with van der Waals surface area (Å²) >= 11 is 1.37. The minimum absolute atomic E-state index is 0.145. The standard InChI is InChI=1S/C31H38N2O6S2/c1-20-14-24(26(15-20)31(36)37)18-29(34)27(16-21-8-4-3-5-9-21)32-30(35)28(33-41(2,38)39)19-40-25-13-12-22-10-6-7-11-23(22)17-25/h3-13,17,20,24,26-29,33-34H,14-16,18-19H2,1-2H3,(H,32,35)(H,36,37). The molecular formula is C31H38N2O6S2. The average molecular weight is 599 g/mol. The normalized spacial score (nSPS) is 21.3. The minimum atomic E-state index is -3.72. The van der Waals surface area contributed by atoms with Crippen molar-refractivity contribution in [3.63, 3.8) is 0 Å². The van der Waals surface area contributed by atoms with Crippen molar-refractivity contribution in [1.29, 1.82) is 0 Å². The van der Waals surface area contributed by atoms with Gasteiger partial charge in [-0.1, -0.05) is 67.6 Å². The Morgan fingerprint density at radius 2 is 1.68 bits per heavy atom. The van der Waals surface area contributed by atoms with Crippen LogP contribution in [-0.4, -0.2) is 60.7 Å². The van der Waals surface area contributed by atoms with Gasteiger partial charge in [0.25, 0.3) is 0 Å². The molecule has 4 N–H and O–H groups in total. The van der Waals surface area contributed by atoms with E-state index in [0.29, 0.717) is 19.3 Å². The molecule has 0 radical (unpaired) electrons. The van der Waals surface area contributed by atoms with Crippen LogP contribution in [0.25, 0.3) is 10.8 Å². The van der Waals surface area contributed by atoms with Crippen molar-refractivity contribution < 1.29 is 28.2 Å². The van der Waals surface area contributed by atoms with Crippen molar-refractivity contribution in [2.45, 2.75) is 55.7 Å². The SMILES string of the molecule is CC1CC(CC(O)C(Cc2ccccc2)NC(=O)C(CSc2ccc3ccccc3c2)NS(C)(=O)=O)C(C(=O)O)C1. The van der Waals surface area contributed by atoms with Gasteiger partial charge >= 0.3 is 5.97 Å². The Labute approximate surface area is 246 Å². The number of amides is 1. The van der Waals surface area contributed by atoms with Gasteiger partial charge < -0.3 is 15.5 Å². The highest BCUT2D eigenvalue weighted by Gasteiger charge is 2.39. The van der Waals surface area contributed by atoms with Crippen LogP contribution in [0.1, 0.15) is 31.7 Å². The third-order valence-corrected chi connectivity index (χ3v) is 9.49. The third-order valence-electron chi connectivity index (χ3n) is 7.69. The molecule has 1 aliphatic carbocycles. The summed E-state index contributed by atoms with van der Waals surface area (Å²) in [5.74, 6) is -1.76. The number of sulfonamides is 1. The summed E-state index contributed by atoms with van der Waals surface area (Å²) in [5.41, 5.74) is 0.893. The molecular weight excluding hydrogens is 560 g/mol. The molecule has 0 spiro atoms. The zero-order valence-electron chi connectivity index (χ0n) is 23.3. The van der Waals surface area contributed by atoms with E-state index in [2.05, 4.69) is 10.0 Å². The number of aliphatic hydroxyl groups excluding tert-OH is 1. The highest BCUT2D eigenvalue weighted by atomic mass is 32.2. The van der Waals surface area contributed by atoms with Gasteiger partial charge in [0.1, 0.15) is 6.04 Å². The molecule has 0 aliphatic heterocycles. The number of nitrogens with one attached hydrogen (secondary N) is 2. The first-order chi connectivity index (χ1) is 19.5. The quantitative estimate of drug-likeness (QED) is 0.218. The van der Waals surface area contributed by atoms with Gasteiger partial charge in [0, 0.05) is 10.6 Å². The number of carboxylic acids is 1. The Hall–Kier alpha value is -2.92. The second-order valence-corrected chi connectivity index (χ2v) is 14.0. The maximum absolute atomic E-state index is 13.6. The molecule has 220 valence electrons. The molecule has 6 unspecified atom stereocenters. The largest absolute Gasteiger partial charge is 0.481 e. The van der Waals surface area contributed by atoms with Crippen molar-refractivity contribution in [3.8, 4) is 0 Å². The maximum atomic E-state index is 13.6. The summed E-state index contributed by atoms with van der Waals surface area (Å²) in [4.78, 5) is 26.3. The van der Waals surface area contributed by atoms with Crippen LogP contribution in [0.5, 0.6) is 0 Å². The number of carbonyl (C=O) groups is 2. The van der Waals surface area contributed by atoms with Crippen molar-refractivity contribution in [2.24, 2.45) is 17.8 Å². The molecule has 0 aromatic heterocycles. The topological polar surface area (TPSA) is 133 Å². The monoisotopic (exact) mass is 598 g/mol. The van der Waals surface area contributed by atoms with E-state index in [4.69, 9.17) is 0 Å². The van der Waals surface area contributed by atoms with Gasteiger partial charge in [-0.2, -0.15) is 0 Å². The number of thioether (sulfide) groups is 1. The highest BCUT2D eigenvalue weighted by Crippen LogP contribution is 2.39.